The van der Waals surface area contributed by atoms with Crippen molar-refractivity contribution in [2.45, 2.75) is 56.4 Å². The van der Waals surface area contributed by atoms with Crippen molar-refractivity contribution in [3.05, 3.63) is 29.3 Å². The molecule has 2 bridgehead atoms. The molecule has 0 aromatic heterocycles. The van der Waals surface area contributed by atoms with E-state index in [2.05, 4.69) is 23.1 Å². The minimum atomic E-state index is 0.290. The summed E-state index contributed by atoms with van der Waals surface area (Å²) in [6.07, 6.45) is 8.15. The van der Waals surface area contributed by atoms with Gasteiger partial charge in [-0.3, -0.25) is 4.90 Å². The first-order valence-electron chi connectivity index (χ1n) is 8.68. The first-order chi connectivity index (χ1) is 10.7. The summed E-state index contributed by atoms with van der Waals surface area (Å²) < 4.78 is 0. The lowest BCUT2D eigenvalue weighted by Crippen LogP contribution is -2.60. The Labute approximate surface area is 132 Å². The quantitative estimate of drug-likeness (QED) is 0.910. The zero-order valence-electron chi connectivity index (χ0n) is 13.1. The Morgan fingerprint density at radius 1 is 1.32 bits per heavy atom. The Kier molecular flexibility index (Phi) is 3.38. The third-order valence-electron chi connectivity index (χ3n) is 6.45. The van der Waals surface area contributed by atoms with E-state index in [0.29, 0.717) is 29.5 Å². The van der Waals surface area contributed by atoms with Gasteiger partial charge in [0.15, 0.2) is 0 Å². The van der Waals surface area contributed by atoms with Crippen LogP contribution in [0.3, 0.4) is 0 Å². The molecule has 1 aromatic carbocycles. The Balaban J connectivity index is 1.77. The Morgan fingerprint density at radius 3 is 3.09 bits per heavy atom. The van der Waals surface area contributed by atoms with Gasteiger partial charge in [0.1, 0.15) is 5.75 Å². The lowest BCUT2D eigenvalue weighted by molar-refractivity contribution is -0.0101. The highest BCUT2D eigenvalue weighted by Gasteiger charge is 2.53. The summed E-state index contributed by atoms with van der Waals surface area (Å²) in [5.41, 5.74) is 3.16. The minimum Gasteiger partial charge on any atom is -0.508 e. The van der Waals surface area contributed by atoms with E-state index in [1.54, 1.807) is 0 Å². The van der Waals surface area contributed by atoms with Crippen LogP contribution in [-0.2, 0) is 11.8 Å². The van der Waals surface area contributed by atoms with Crippen molar-refractivity contribution in [1.29, 1.82) is 5.26 Å². The predicted octanol–water partition coefficient (Wildman–Crippen LogP) is 3.36. The van der Waals surface area contributed by atoms with Gasteiger partial charge in [-0.2, -0.15) is 5.26 Å². The molecule has 0 amide bonds. The molecule has 1 saturated heterocycles. The molecule has 1 saturated carbocycles. The van der Waals surface area contributed by atoms with E-state index < -0.39 is 0 Å². The van der Waals surface area contributed by atoms with Crippen LogP contribution in [0.15, 0.2) is 18.2 Å². The molecule has 1 heterocycles. The van der Waals surface area contributed by atoms with Crippen LogP contribution in [0.1, 0.15) is 49.7 Å². The average molecular weight is 296 g/mol. The number of phenolic OH excluding ortho intramolecular Hbond substituents is 1. The number of likely N-dealkylation sites (tertiary alicyclic amines) is 1. The van der Waals surface area contributed by atoms with Crippen LogP contribution in [0.2, 0.25) is 0 Å². The summed E-state index contributed by atoms with van der Waals surface area (Å²) in [6.45, 7) is 2.03. The van der Waals surface area contributed by atoms with E-state index in [4.69, 9.17) is 5.26 Å². The molecule has 0 spiro atoms. The molecule has 2 fully saturated rings. The number of phenols is 1. The smallest absolute Gasteiger partial charge is 0.115 e. The van der Waals surface area contributed by atoms with Crippen molar-refractivity contribution in [3.8, 4) is 11.8 Å². The summed E-state index contributed by atoms with van der Waals surface area (Å²) in [6, 6.07) is 8.94. The first-order valence-corrected chi connectivity index (χ1v) is 8.68. The standard InChI is InChI=1S/C19H24N2O/c20-9-3-10-21-11-8-19-7-2-1-4-16(19)18(21)12-14-5-6-15(22)13-17(14)19/h5-6,13,16,18,22H,1-4,7-8,10-12H2/t16?,18?,19-/m1/s1. The molecule has 0 radical (unpaired) electrons. The minimum absolute atomic E-state index is 0.290. The normalized spacial score (nSPS) is 33.6. The predicted molar refractivity (Wildman–Crippen MR) is 85.7 cm³/mol. The number of nitrogens with zero attached hydrogens (tertiary/aromatic N) is 2. The van der Waals surface area contributed by atoms with Gasteiger partial charge in [0, 0.05) is 24.4 Å². The number of benzene rings is 1. The Bertz CT molecular complexity index is 620. The zero-order chi connectivity index (χ0) is 15.2. The molecule has 3 nitrogen and oxygen atoms in total. The second-order valence-corrected chi connectivity index (χ2v) is 7.32. The number of aromatic hydroxyl groups is 1. The summed E-state index contributed by atoms with van der Waals surface area (Å²) in [5.74, 6) is 1.13. The Hall–Kier alpha value is -1.53. The second kappa shape index (κ2) is 5.28. The van der Waals surface area contributed by atoms with Crippen LogP contribution >= 0.6 is 0 Å². The maximum atomic E-state index is 9.99. The van der Waals surface area contributed by atoms with Crippen LogP contribution in [0, 0.1) is 17.2 Å². The summed E-state index contributed by atoms with van der Waals surface area (Å²) in [5, 5.41) is 18.9. The van der Waals surface area contributed by atoms with E-state index in [1.807, 2.05) is 6.07 Å². The number of piperidine rings is 1. The van der Waals surface area contributed by atoms with E-state index >= 15 is 0 Å². The molecule has 4 rings (SSSR count). The number of nitriles is 1. The molecule has 1 aromatic rings. The third kappa shape index (κ3) is 1.97. The van der Waals surface area contributed by atoms with Gasteiger partial charge in [-0.1, -0.05) is 18.9 Å². The maximum Gasteiger partial charge on any atom is 0.115 e. The zero-order valence-corrected chi connectivity index (χ0v) is 13.1. The van der Waals surface area contributed by atoms with Crippen molar-refractivity contribution in [2.75, 3.05) is 13.1 Å². The van der Waals surface area contributed by atoms with Crippen molar-refractivity contribution in [2.24, 2.45) is 5.92 Å². The number of hydrogen-bond donors (Lipinski definition) is 1. The van der Waals surface area contributed by atoms with Crippen molar-refractivity contribution >= 4 is 0 Å². The van der Waals surface area contributed by atoms with Gasteiger partial charge in [0.05, 0.1) is 6.07 Å². The molecule has 3 atom stereocenters. The number of fused-ring (bicyclic) bond motifs is 1. The van der Waals surface area contributed by atoms with Crippen LogP contribution in [0.5, 0.6) is 5.75 Å². The molecule has 2 unspecified atom stereocenters. The Morgan fingerprint density at radius 2 is 2.23 bits per heavy atom. The van der Waals surface area contributed by atoms with Gasteiger partial charge in [-0.25, -0.2) is 0 Å². The average Bonchev–Trinajstić information content (AvgIpc) is 2.55. The summed E-state index contributed by atoms with van der Waals surface area (Å²) in [4.78, 5) is 2.58. The fraction of sp³-hybridized carbons (Fsp3) is 0.632. The van der Waals surface area contributed by atoms with Gasteiger partial charge in [0.2, 0.25) is 0 Å². The highest BCUT2D eigenvalue weighted by atomic mass is 16.3. The molecule has 1 N–H and O–H groups in total. The van der Waals surface area contributed by atoms with Crippen LogP contribution in [-0.4, -0.2) is 29.1 Å². The monoisotopic (exact) mass is 296 g/mol. The lowest BCUT2D eigenvalue weighted by Gasteiger charge is -2.59. The van der Waals surface area contributed by atoms with Crippen LogP contribution in [0.4, 0.5) is 0 Å². The topological polar surface area (TPSA) is 47.3 Å². The van der Waals surface area contributed by atoms with Crippen molar-refractivity contribution in [1.82, 2.24) is 4.90 Å². The first kappa shape index (κ1) is 14.1. The van der Waals surface area contributed by atoms with Crippen molar-refractivity contribution < 1.29 is 5.11 Å². The summed E-state index contributed by atoms with van der Waals surface area (Å²) >= 11 is 0. The van der Waals surface area contributed by atoms with Gasteiger partial charge < -0.3 is 5.11 Å². The molecule has 3 heteroatoms. The SMILES string of the molecule is N#CCCN1CC[C@]23CCCCC2C1Cc1ccc(O)cc13. The van der Waals surface area contributed by atoms with Gasteiger partial charge in [-0.15, -0.1) is 0 Å². The fourth-order valence-corrected chi connectivity index (χ4v) is 5.54. The maximum absolute atomic E-state index is 9.99. The highest BCUT2D eigenvalue weighted by Crippen LogP contribution is 2.56. The highest BCUT2D eigenvalue weighted by molar-refractivity contribution is 5.45. The van der Waals surface area contributed by atoms with E-state index in [1.165, 1.54) is 43.2 Å². The molecule has 2 aliphatic carbocycles. The number of rotatable bonds is 2. The van der Waals surface area contributed by atoms with Gasteiger partial charge >= 0.3 is 0 Å². The molecular weight excluding hydrogens is 272 g/mol. The summed E-state index contributed by atoms with van der Waals surface area (Å²) in [7, 11) is 0. The fourth-order valence-electron chi connectivity index (χ4n) is 5.54. The van der Waals surface area contributed by atoms with E-state index in [9.17, 15) is 5.11 Å². The van der Waals surface area contributed by atoms with Crippen LogP contribution < -0.4 is 0 Å². The van der Waals surface area contributed by atoms with Crippen LogP contribution in [0.25, 0.3) is 0 Å². The molecule has 116 valence electrons. The van der Waals surface area contributed by atoms with Gasteiger partial charge in [0.25, 0.3) is 0 Å². The molecular formula is C19H24N2O. The van der Waals surface area contributed by atoms with Crippen molar-refractivity contribution in [3.63, 3.8) is 0 Å². The third-order valence-corrected chi connectivity index (χ3v) is 6.45. The van der Waals surface area contributed by atoms with E-state index in [0.717, 1.165) is 19.5 Å². The van der Waals surface area contributed by atoms with Gasteiger partial charge in [-0.05, 0) is 61.4 Å². The molecule has 22 heavy (non-hydrogen) atoms. The molecule has 1 aliphatic heterocycles. The van der Waals surface area contributed by atoms with E-state index in [-0.39, 0.29) is 0 Å². The second-order valence-electron chi connectivity index (χ2n) is 7.32. The number of hydrogen-bond acceptors (Lipinski definition) is 3. The largest absolute Gasteiger partial charge is 0.508 e. The lowest BCUT2D eigenvalue weighted by atomic mass is 9.52. The molecule has 3 aliphatic rings.